The van der Waals surface area contributed by atoms with Gasteiger partial charge in [-0.05, 0) is 96.5 Å². The first kappa shape index (κ1) is 38.4. The zero-order chi connectivity index (χ0) is 39.0. The molecule has 0 fully saturated rings. The lowest BCUT2D eigenvalue weighted by Gasteiger charge is -2.26. The Morgan fingerprint density at radius 3 is 0.696 bits per heavy atom. The van der Waals surface area contributed by atoms with Gasteiger partial charge in [0.05, 0.1) is 0 Å². The van der Waals surface area contributed by atoms with Gasteiger partial charge < -0.3 is 9.80 Å². The minimum absolute atomic E-state index is 0.295. The molecule has 282 valence electrons. The number of hydrogen-bond donors (Lipinski definition) is 0. The highest BCUT2D eigenvalue weighted by molar-refractivity contribution is 5.52. The third-order valence-electron chi connectivity index (χ3n) is 11.4. The number of benzene rings is 7. The predicted octanol–water partition coefficient (Wildman–Crippen LogP) is 13.6. The molecule has 0 spiro atoms. The zero-order valence-corrected chi connectivity index (χ0v) is 34.0. The third kappa shape index (κ3) is 9.86. The van der Waals surface area contributed by atoms with Gasteiger partial charge in [0, 0.05) is 49.4 Å². The standard InChI is InChI=1S/C54H56N2/c1-39-7-15-45(16-8-39)35-55(36-46-17-9-40(2)10-18-46)53-31-27-51(28-32-53)43(5)49-23-25-50(26-24-49)44(6)52-29-33-54(34-30-52)56(37-47-19-11-41(3)12-20-47)38-48-21-13-42(4)14-22-48/h7-34,43-44H,35-38H2,1-6H3. The van der Waals surface area contributed by atoms with Crippen molar-refractivity contribution in [1.29, 1.82) is 0 Å². The lowest BCUT2D eigenvalue weighted by Crippen LogP contribution is -2.22. The van der Waals surface area contributed by atoms with Crippen LogP contribution in [0.3, 0.4) is 0 Å². The molecule has 0 aliphatic heterocycles. The van der Waals surface area contributed by atoms with Gasteiger partial charge in [-0.2, -0.15) is 0 Å². The summed E-state index contributed by atoms with van der Waals surface area (Å²) in [5, 5.41) is 0. The van der Waals surface area contributed by atoms with Crippen LogP contribution in [0.5, 0.6) is 0 Å². The molecule has 0 saturated heterocycles. The molecule has 7 aromatic rings. The Labute approximate surface area is 336 Å². The summed E-state index contributed by atoms with van der Waals surface area (Å²) in [6.07, 6.45) is 0. The maximum absolute atomic E-state index is 2.48. The second kappa shape index (κ2) is 17.7. The summed E-state index contributed by atoms with van der Waals surface area (Å²) in [6.45, 7) is 16.7. The topological polar surface area (TPSA) is 6.48 Å². The molecule has 2 unspecified atom stereocenters. The van der Waals surface area contributed by atoms with Crippen LogP contribution in [0.1, 0.15) is 92.4 Å². The highest BCUT2D eigenvalue weighted by Gasteiger charge is 2.16. The quantitative estimate of drug-likeness (QED) is 0.110. The molecule has 7 aromatic carbocycles. The number of anilines is 2. The van der Waals surface area contributed by atoms with Gasteiger partial charge in [0.25, 0.3) is 0 Å². The molecule has 2 nitrogen and oxygen atoms in total. The van der Waals surface area contributed by atoms with E-state index in [1.54, 1.807) is 0 Å². The van der Waals surface area contributed by atoms with Crippen molar-refractivity contribution in [2.24, 2.45) is 0 Å². The number of hydrogen-bond acceptors (Lipinski definition) is 2. The van der Waals surface area contributed by atoms with Crippen molar-refractivity contribution in [3.8, 4) is 0 Å². The average molecular weight is 733 g/mol. The molecule has 0 aliphatic rings. The van der Waals surface area contributed by atoms with E-state index >= 15 is 0 Å². The van der Waals surface area contributed by atoms with Crippen molar-refractivity contribution in [3.63, 3.8) is 0 Å². The molecule has 0 saturated carbocycles. The molecule has 0 aromatic heterocycles. The van der Waals surface area contributed by atoms with Crippen molar-refractivity contribution in [1.82, 2.24) is 0 Å². The van der Waals surface area contributed by atoms with E-state index in [1.807, 2.05) is 0 Å². The molecule has 0 aliphatic carbocycles. The lowest BCUT2D eigenvalue weighted by molar-refractivity contribution is 0.798. The molecule has 2 heteroatoms. The Morgan fingerprint density at radius 2 is 0.482 bits per heavy atom. The van der Waals surface area contributed by atoms with Crippen molar-refractivity contribution >= 4 is 11.4 Å². The molecule has 2 atom stereocenters. The minimum atomic E-state index is 0.295. The van der Waals surface area contributed by atoms with Crippen molar-refractivity contribution in [2.45, 2.75) is 79.6 Å². The second-order valence-electron chi connectivity index (χ2n) is 15.9. The first-order valence-corrected chi connectivity index (χ1v) is 20.2. The van der Waals surface area contributed by atoms with Gasteiger partial charge in [-0.1, -0.05) is 182 Å². The maximum Gasteiger partial charge on any atom is 0.0433 e. The fourth-order valence-electron chi connectivity index (χ4n) is 7.54. The van der Waals surface area contributed by atoms with Gasteiger partial charge in [0.15, 0.2) is 0 Å². The summed E-state index contributed by atoms with van der Waals surface area (Å²) in [6, 6.07) is 63.5. The monoisotopic (exact) mass is 732 g/mol. The Bertz CT molecular complexity index is 2000. The van der Waals surface area contributed by atoms with Gasteiger partial charge in [-0.25, -0.2) is 0 Å². The largest absolute Gasteiger partial charge is 0.363 e. The van der Waals surface area contributed by atoms with Crippen LogP contribution in [0, 0.1) is 27.7 Å². The summed E-state index contributed by atoms with van der Waals surface area (Å²) < 4.78 is 0. The summed E-state index contributed by atoms with van der Waals surface area (Å²) in [5.41, 5.74) is 18.3. The van der Waals surface area contributed by atoms with Crippen LogP contribution in [0.4, 0.5) is 11.4 Å². The van der Waals surface area contributed by atoms with E-state index in [9.17, 15) is 0 Å². The average Bonchev–Trinajstić information content (AvgIpc) is 3.23. The van der Waals surface area contributed by atoms with E-state index in [0.717, 1.165) is 26.2 Å². The van der Waals surface area contributed by atoms with Gasteiger partial charge >= 0.3 is 0 Å². The smallest absolute Gasteiger partial charge is 0.0433 e. The Morgan fingerprint density at radius 1 is 0.286 bits per heavy atom. The molecule has 56 heavy (non-hydrogen) atoms. The Hall–Kier alpha value is -5.86. The molecular weight excluding hydrogens is 677 g/mol. The zero-order valence-electron chi connectivity index (χ0n) is 34.0. The Balaban J connectivity index is 1.03. The molecule has 0 N–H and O–H groups in total. The maximum atomic E-state index is 2.48. The number of nitrogens with zero attached hydrogens (tertiary/aromatic N) is 2. The number of rotatable bonds is 14. The first-order chi connectivity index (χ1) is 27.2. The third-order valence-corrected chi connectivity index (χ3v) is 11.4. The van der Waals surface area contributed by atoms with E-state index in [4.69, 9.17) is 0 Å². The minimum Gasteiger partial charge on any atom is -0.363 e. The highest BCUT2D eigenvalue weighted by Crippen LogP contribution is 2.32. The van der Waals surface area contributed by atoms with Crippen molar-refractivity contribution in [3.05, 3.63) is 237 Å². The molecule has 0 bridgehead atoms. The summed E-state index contributed by atoms with van der Waals surface area (Å²) in [7, 11) is 0. The SMILES string of the molecule is Cc1ccc(CN(Cc2ccc(C)cc2)c2ccc(C(C)c3ccc(C(C)c4ccc(N(Cc5ccc(C)cc5)Cc5ccc(C)cc5)cc4)cc3)cc2)cc1. The van der Waals surface area contributed by atoms with Crippen LogP contribution in [-0.4, -0.2) is 0 Å². The first-order valence-electron chi connectivity index (χ1n) is 20.2. The number of aryl methyl sites for hydroxylation is 4. The second-order valence-corrected chi connectivity index (χ2v) is 15.9. The summed E-state index contributed by atoms with van der Waals surface area (Å²) in [4.78, 5) is 4.97. The van der Waals surface area contributed by atoms with Crippen LogP contribution < -0.4 is 9.80 Å². The van der Waals surface area contributed by atoms with Gasteiger partial charge in [0.2, 0.25) is 0 Å². The van der Waals surface area contributed by atoms with E-state index < -0.39 is 0 Å². The fraction of sp³-hybridized carbons (Fsp3) is 0.222. The van der Waals surface area contributed by atoms with E-state index in [1.165, 1.54) is 78.1 Å². The normalized spacial score (nSPS) is 12.2. The van der Waals surface area contributed by atoms with Gasteiger partial charge in [0.1, 0.15) is 0 Å². The van der Waals surface area contributed by atoms with Crippen molar-refractivity contribution in [2.75, 3.05) is 9.80 Å². The molecule has 7 rings (SSSR count). The molecule has 0 amide bonds. The van der Waals surface area contributed by atoms with E-state index in [2.05, 4.69) is 221 Å². The molecule has 0 radical (unpaired) electrons. The molecule has 0 heterocycles. The predicted molar refractivity (Wildman–Crippen MR) is 239 cm³/mol. The van der Waals surface area contributed by atoms with Crippen LogP contribution in [-0.2, 0) is 26.2 Å². The van der Waals surface area contributed by atoms with Crippen molar-refractivity contribution < 1.29 is 0 Å². The Kier molecular flexibility index (Phi) is 12.2. The fourth-order valence-corrected chi connectivity index (χ4v) is 7.54. The highest BCUT2D eigenvalue weighted by atomic mass is 15.1. The van der Waals surface area contributed by atoms with E-state index in [-0.39, 0.29) is 0 Å². The van der Waals surface area contributed by atoms with Gasteiger partial charge in [-0.3, -0.25) is 0 Å². The van der Waals surface area contributed by atoms with Crippen LogP contribution >= 0.6 is 0 Å². The van der Waals surface area contributed by atoms with Gasteiger partial charge in [-0.15, -0.1) is 0 Å². The van der Waals surface area contributed by atoms with Crippen LogP contribution in [0.25, 0.3) is 0 Å². The molecular formula is C54H56N2. The van der Waals surface area contributed by atoms with Crippen LogP contribution in [0.2, 0.25) is 0 Å². The summed E-state index contributed by atoms with van der Waals surface area (Å²) in [5.74, 6) is 0.590. The lowest BCUT2D eigenvalue weighted by atomic mass is 9.88. The summed E-state index contributed by atoms with van der Waals surface area (Å²) >= 11 is 0. The van der Waals surface area contributed by atoms with E-state index in [0.29, 0.717) is 11.8 Å². The van der Waals surface area contributed by atoms with Crippen LogP contribution in [0.15, 0.2) is 170 Å².